The van der Waals surface area contributed by atoms with E-state index in [-0.39, 0.29) is 5.91 Å². The Labute approximate surface area is 167 Å². The minimum Gasteiger partial charge on any atom is -0.444 e. The van der Waals surface area contributed by atoms with E-state index < -0.39 is 17.7 Å². The minimum atomic E-state index is -0.577. The molecule has 0 bridgehead atoms. The number of benzene rings is 1. The lowest BCUT2D eigenvalue weighted by atomic mass is 10.1. The number of carbonyl (C=O) groups is 2. The Hall–Kier alpha value is -2.28. The van der Waals surface area contributed by atoms with Crippen LogP contribution < -0.4 is 10.2 Å². The lowest BCUT2D eigenvalue weighted by Gasteiger charge is -2.30. The second-order valence-corrected chi connectivity index (χ2v) is 8.42. The summed E-state index contributed by atoms with van der Waals surface area (Å²) in [6.45, 7) is 11.2. The fourth-order valence-electron chi connectivity index (χ4n) is 3.60. The molecule has 0 radical (unpaired) electrons. The van der Waals surface area contributed by atoms with Crippen LogP contribution >= 0.6 is 0 Å². The molecular weight excluding hydrogens is 358 g/mol. The van der Waals surface area contributed by atoms with Crippen LogP contribution in [0.15, 0.2) is 18.2 Å². The number of nitrogens with zero attached hydrogens (tertiary/aromatic N) is 2. The highest BCUT2D eigenvalue weighted by Gasteiger charge is 2.36. The smallest absolute Gasteiger partial charge is 0.410 e. The summed E-state index contributed by atoms with van der Waals surface area (Å²) in [6.07, 6.45) is 1.02. The first kappa shape index (κ1) is 20.5. The number of ether oxygens (including phenoxy) is 2. The van der Waals surface area contributed by atoms with Gasteiger partial charge in [0.05, 0.1) is 13.2 Å². The molecule has 3 rings (SSSR count). The summed E-state index contributed by atoms with van der Waals surface area (Å²) in [5.74, 6) is -0.161. The van der Waals surface area contributed by atoms with E-state index in [0.29, 0.717) is 13.0 Å². The van der Waals surface area contributed by atoms with Gasteiger partial charge >= 0.3 is 6.09 Å². The highest BCUT2D eigenvalue weighted by molar-refractivity contribution is 5.97. The van der Waals surface area contributed by atoms with Crippen LogP contribution in [0.2, 0.25) is 0 Å². The second kappa shape index (κ2) is 8.39. The highest BCUT2D eigenvalue weighted by Crippen LogP contribution is 2.26. The third-order valence-corrected chi connectivity index (χ3v) is 5.03. The van der Waals surface area contributed by atoms with Crippen molar-refractivity contribution in [3.8, 4) is 0 Å². The van der Waals surface area contributed by atoms with Gasteiger partial charge in [-0.25, -0.2) is 4.79 Å². The molecular formula is C21H31N3O4. The van der Waals surface area contributed by atoms with E-state index in [0.717, 1.165) is 49.7 Å². The van der Waals surface area contributed by atoms with Gasteiger partial charge in [-0.2, -0.15) is 0 Å². The number of rotatable bonds is 3. The molecule has 1 unspecified atom stereocenters. The summed E-state index contributed by atoms with van der Waals surface area (Å²) in [7, 11) is 0. The molecule has 0 saturated carbocycles. The van der Waals surface area contributed by atoms with E-state index in [1.807, 2.05) is 39.8 Å². The zero-order valence-corrected chi connectivity index (χ0v) is 17.3. The summed E-state index contributed by atoms with van der Waals surface area (Å²) >= 11 is 0. The summed E-state index contributed by atoms with van der Waals surface area (Å²) in [5, 5.41) is 3.00. The van der Waals surface area contributed by atoms with Crippen LogP contribution in [0.5, 0.6) is 0 Å². The molecule has 1 N–H and O–H groups in total. The predicted octanol–water partition coefficient (Wildman–Crippen LogP) is 3.17. The van der Waals surface area contributed by atoms with Crippen molar-refractivity contribution < 1.29 is 19.1 Å². The van der Waals surface area contributed by atoms with Gasteiger partial charge in [-0.1, -0.05) is 0 Å². The summed E-state index contributed by atoms with van der Waals surface area (Å²) in [6, 6.07) is 5.55. The molecule has 2 aliphatic heterocycles. The maximum atomic E-state index is 12.8. The number of nitrogens with one attached hydrogen (secondary N) is 1. The number of amides is 2. The Morgan fingerprint density at radius 1 is 1.18 bits per heavy atom. The Bertz CT molecular complexity index is 723. The average Bonchev–Trinajstić information content (AvgIpc) is 3.13. The van der Waals surface area contributed by atoms with Gasteiger partial charge < -0.3 is 19.7 Å². The maximum Gasteiger partial charge on any atom is 0.410 e. The van der Waals surface area contributed by atoms with Crippen molar-refractivity contribution in [3.05, 3.63) is 23.8 Å². The van der Waals surface area contributed by atoms with Gasteiger partial charge in [-0.05, 0) is 64.3 Å². The van der Waals surface area contributed by atoms with E-state index in [9.17, 15) is 9.59 Å². The molecule has 28 heavy (non-hydrogen) atoms. The molecule has 1 aromatic carbocycles. The van der Waals surface area contributed by atoms with Crippen molar-refractivity contribution >= 4 is 23.4 Å². The quantitative estimate of drug-likeness (QED) is 0.860. The van der Waals surface area contributed by atoms with Gasteiger partial charge in [-0.3, -0.25) is 9.69 Å². The van der Waals surface area contributed by atoms with Crippen molar-refractivity contribution in [3.63, 3.8) is 0 Å². The predicted molar refractivity (Wildman–Crippen MR) is 109 cm³/mol. The number of morpholine rings is 1. The molecule has 2 aliphatic rings. The van der Waals surface area contributed by atoms with Crippen molar-refractivity contribution in [1.29, 1.82) is 0 Å². The SMILES string of the molecule is Cc1cc(N2CCOCC2)ccc1NC(=O)C1CCCN1C(=O)OC(C)(C)C. The van der Waals surface area contributed by atoms with Crippen molar-refractivity contribution in [2.75, 3.05) is 43.1 Å². The van der Waals surface area contributed by atoms with E-state index in [1.54, 1.807) is 0 Å². The van der Waals surface area contributed by atoms with Gasteiger partial charge in [0.2, 0.25) is 5.91 Å². The Morgan fingerprint density at radius 2 is 1.89 bits per heavy atom. The van der Waals surface area contributed by atoms with Crippen molar-refractivity contribution in [2.45, 2.75) is 52.2 Å². The van der Waals surface area contributed by atoms with Gasteiger partial charge in [0, 0.05) is 31.0 Å². The maximum absolute atomic E-state index is 12.8. The Morgan fingerprint density at radius 3 is 2.54 bits per heavy atom. The molecule has 2 amide bonds. The largest absolute Gasteiger partial charge is 0.444 e. The monoisotopic (exact) mass is 389 g/mol. The first-order valence-corrected chi connectivity index (χ1v) is 9.98. The van der Waals surface area contributed by atoms with Crippen LogP contribution in [0, 0.1) is 6.92 Å². The lowest BCUT2D eigenvalue weighted by Crippen LogP contribution is -2.45. The molecule has 7 heteroatoms. The number of aryl methyl sites for hydroxylation is 1. The number of anilines is 2. The van der Waals surface area contributed by atoms with Gasteiger partial charge in [0.15, 0.2) is 0 Å². The molecule has 1 atom stereocenters. The van der Waals surface area contributed by atoms with Gasteiger partial charge in [0.25, 0.3) is 0 Å². The minimum absolute atomic E-state index is 0.161. The number of hydrogen-bond acceptors (Lipinski definition) is 5. The van der Waals surface area contributed by atoms with E-state index in [1.165, 1.54) is 4.90 Å². The van der Waals surface area contributed by atoms with Crippen LogP contribution in [0.1, 0.15) is 39.2 Å². The first-order valence-electron chi connectivity index (χ1n) is 9.98. The molecule has 0 aromatic heterocycles. The van der Waals surface area contributed by atoms with Crippen LogP contribution in [-0.2, 0) is 14.3 Å². The zero-order chi connectivity index (χ0) is 20.3. The van der Waals surface area contributed by atoms with Gasteiger partial charge in [-0.15, -0.1) is 0 Å². The highest BCUT2D eigenvalue weighted by atomic mass is 16.6. The summed E-state index contributed by atoms with van der Waals surface area (Å²) < 4.78 is 10.9. The third kappa shape index (κ3) is 4.95. The topological polar surface area (TPSA) is 71.1 Å². The fourth-order valence-corrected chi connectivity index (χ4v) is 3.60. The molecule has 0 spiro atoms. The van der Waals surface area contributed by atoms with Crippen molar-refractivity contribution in [2.24, 2.45) is 0 Å². The van der Waals surface area contributed by atoms with Crippen LogP contribution in [-0.4, -0.2) is 61.4 Å². The molecule has 0 aliphatic carbocycles. The van der Waals surface area contributed by atoms with E-state index in [2.05, 4.69) is 16.3 Å². The standard InChI is InChI=1S/C21H31N3O4/c1-15-14-16(23-10-12-27-13-11-23)7-8-17(15)22-19(25)18-6-5-9-24(18)20(26)28-21(2,3)4/h7-8,14,18H,5-6,9-13H2,1-4H3,(H,22,25). The molecule has 7 nitrogen and oxygen atoms in total. The van der Waals surface area contributed by atoms with Crippen LogP contribution in [0.25, 0.3) is 0 Å². The number of likely N-dealkylation sites (tertiary alicyclic amines) is 1. The number of carbonyl (C=O) groups excluding carboxylic acids is 2. The van der Waals surface area contributed by atoms with Gasteiger partial charge in [0.1, 0.15) is 11.6 Å². The van der Waals surface area contributed by atoms with E-state index >= 15 is 0 Å². The van der Waals surface area contributed by atoms with Crippen LogP contribution in [0.3, 0.4) is 0 Å². The fraction of sp³-hybridized carbons (Fsp3) is 0.619. The molecule has 154 valence electrons. The Kier molecular flexibility index (Phi) is 6.13. The molecule has 2 heterocycles. The van der Waals surface area contributed by atoms with Crippen LogP contribution in [0.4, 0.5) is 16.2 Å². The molecule has 2 fully saturated rings. The van der Waals surface area contributed by atoms with E-state index in [4.69, 9.17) is 9.47 Å². The summed E-state index contributed by atoms with van der Waals surface area (Å²) in [4.78, 5) is 29.1. The summed E-state index contributed by atoms with van der Waals surface area (Å²) in [5.41, 5.74) is 2.33. The van der Waals surface area contributed by atoms with Crippen molar-refractivity contribution in [1.82, 2.24) is 4.90 Å². The average molecular weight is 389 g/mol. The lowest BCUT2D eigenvalue weighted by molar-refractivity contribution is -0.120. The Balaban J connectivity index is 1.65. The number of hydrogen-bond donors (Lipinski definition) is 1. The third-order valence-electron chi connectivity index (χ3n) is 5.03. The molecule has 2 saturated heterocycles. The molecule has 1 aromatic rings. The zero-order valence-electron chi connectivity index (χ0n) is 17.3. The second-order valence-electron chi connectivity index (χ2n) is 8.42. The normalized spacial score (nSPS) is 20.2. The first-order chi connectivity index (χ1) is 13.2.